The number of aliphatic hydroxyl groups excluding tert-OH is 1. The summed E-state index contributed by atoms with van der Waals surface area (Å²) in [5.41, 5.74) is 0.136. The summed E-state index contributed by atoms with van der Waals surface area (Å²) in [7, 11) is 0. The Hall–Kier alpha value is -2.14. The molecule has 0 atom stereocenters. The maximum Gasteiger partial charge on any atom is 0.337 e. The van der Waals surface area contributed by atoms with Gasteiger partial charge >= 0.3 is 5.97 Å². The van der Waals surface area contributed by atoms with E-state index < -0.39 is 5.97 Å². The van der Waals surface area contributed by atoms with Crippen LogP contribution in [0.5, 0.6) is 5.88 Å². The molecule has 0 aliphatic heterocycles. The Morgan fingerprint density at radius 3 is 2.65 bits per heavy atom. The number of rotatable bonds is 4. The van der Waals surface area contributed by atoms with Crippen LogP contribution >= 0.6 is 0 Å². The molecular weight excluding hydrogens is 222 g/mol. The molecule has 0 aliphatic rings. The number of aromatic carboxylic acids is 1. The van der Waals surface area contributed by atoms with E-state index in [9.17, 15) is 4.79 Å². The fourth-order valence-corrected chi connectivity index (χ4v) is 1.59. The second-order valence-electron chi connectivity index (χ2n) is 3.40. The van der Waals surface area contributed by atoms with Crippen LogP contribution in [0, 0.1) is 0 Å². The molecule has 17 heavy (non-hydrogen) atoms. The number of aliphatic hydroxyl groups is 1. The lowest BCUT2D eigenvalue weighted by molar-refractivity contribution is 0.0698. The molecule has 0 spiro atoms. The standard InChI is InChI=1S/C12H11NO4/c14-5-6-17-11-9-4-2-1-3-8(9)10(7-13-11)12(15)16/h1-4,7,14H,5-6H2,(H,15,16). The molecule has 0 radical (unpaired) electrons. The largest absolute Gasteiger partial charge is 0.478 e. The van der Waals surface area contributed by atoms with Crippen molar-refractivity contribution in [2.75, 3.05) is 13.2 Å². The maximum atomic E-state index is 11.0. The van der Waals surface area contributed by atoms with Gasteiger partial charge in [-0.25, -0.2) is 9.78 Å². The van der Waals surface area contributed by atoms with Gasteiger partial charge in [0, 0.05) is 17.0 Å². The predicted molar refractivity (Wildman–Crippen MR) is 61.3 cm³/mol. The van der Waals surface area contributed by atoms with Crippen molar-refractivity contribution in [3.8, 4) is 5.88 Å². The molecule has 0 unspecified atom stereocenters. The number of carboxylic acid groups (broad SMARTS) is 1. The molecule has 88 valence electrons. The number of ether oxygens (including phenoxy) is 1. The Balaban J connectivity index is 2.58. The third-order valence-electron chi connectivity index (χ3n) is 2.32. The summed E-state index contributed by atoms with van der Waals surface area (Å²) in [6.07, 6.45) is 1.26. The van der Waals surface area contributed by atoms with Crippen LogP contribution < -0.4 is 4.74 Å². The first kappa shape index (κ1) is 11.3. The van der Waals surface area contributed by atoms with E-state index in [4.69, 9.17) is 14.9 Å². The Kier molecular flexibility index (Phi) is 3.20. The first-order chi connectivity index (χ1) is 8.24. The van der Waals surface area contributed by atoms with E-state index >= 15 is 0 Å². The van der Waals surface area contributed by atoms with E-state index in [0.29, 0.717) is 16.7 Å². The summed E-state index contributed by atoms with van der Waals surface area (Å²) in [6, 6.07) is 6.97. The van der Waals surface area contributed by atoms with Crippen molar-refractivity contribution < 1.29 is 19.7 Å². The average Bonchev–Trinajstić information content (AvgIpc) is 2.35. The highest BCUT2D eigenvalue weighted by atomic mass is 16.5. The van der Waals surface area contributed by atoms with Gasteiger partial charge in [-0.1, -0.05) is 18.2 Å². The van der Waals surface area contributed by atoms with Crippen molar-refractivity contribution >= 4 is 16.7 Å². The van der Waals surface area contributed by atoms with Crippen LogP contribution in [-0.2, 0) is 0 Å². The first-order valence-corrected chi connectivity index (χ1v) is 5.08. The molecule has 2 N–H and O–H groups in total. The number of benzene rings is 1. The van der Waals surface area contributed by atoms with Gasteiger partial charge in [-0.05, 0) is 6.07 Å². The summed E-state index contributed by atoms with van der Waals surface area (Å²) in [5, 5.41) is 18.9. The summed E-state index contributed by atoms with van der Waals surface area (Å²) in [5.74, 6) is -0.693. The van der Waals surface area contributed by atoms with Gasteiger partial charge in [-0.2, -0.15) is 0 Å². The number of hydrogen-bond donors (Lipinski definition) is 2. The molecule has 0 saturated heterocycles. The van der Waals surface area contributed by atoms with Crippen LogP contribution in [0.4, 0.5) is 0 Å². The smallest absolute Gasteiger partial charge is 0.337 e. The van der Waals surface area contributed by atoms with E-state index in [0.717, 1.165) is 0 Å². The van der Waals surface area contributed by atoms with Crippen molar-refractivity contribution in [1.29, 1.82) is 0 Å². The Morgan fingerprint density at radius 1 is 1.29 bits per heavy atom. The fourth-order valence-electron chi connectivity index (χ4n) is 1.59. The number of aromatic nitrogens is 1. The zero-order valence-electron chi connectivity index (χ0n) is 8.96. The number of fused-ring (bicyclic) bond motifs is 1. The van der Waals surface area contributed by atoms with Crippen molar-refractivity contribution in [3.05, 3.63) is 36.0 Å². The van der Waals surface area contributed by atoms with Gasteiger partial charge < -0.3 is 14.9 Å². The molecule has 0 bridgehead atoms. The minimum Gasteiger partial charge on any atom is -0.478 e. The average molecular weight is 233 g/mol. The zero-order valence-corrected chi connectivity index (χ0v) is 8.96. The van der Waals surface area contributed by atoms with Gasteiger partial charge in [0.2, 0.25) is 5.88 Å². The third-order valence-corrected chi connectivity index (χ3v) is 2.32. The molecule has 1 aromatic heterocycles. The minimum atomic E-state index is -1.03. The van der Waals surface area contributed by atoms with Crippen molar-refractivity contribution in [3.63, 3.8) is 0 Å². The van der Waals surface area contributed by atoms with Crippen molar-refractivity contribution in [2.24, 2.45) is 0 Å². The first-order valence-electron chi connectivity index (χ1n) is 5.08. The van der Waals surface area contributed by atoms with Crippen LogP contribution in [0.3, 0.4) is 0 Å². The molecule has 1 aromatic carbocycles. The molecule has 5 nitrogen and oxygen atoms in total. The van der Waals surface area contributed by atoms with E-state index in [1.165, 1.54) is 6.20 Å². The lowest BCUT2D eigenvalue weighted by Crippen LogP contribution is -2.05. The summed E-state index contributed by atoms with van der Waals surface area (Å²) in [4.78, 5) is 15.0. The molecule has 0 fully saturated rings. The Morgan fingerprint density at radius 2 is 2.00 bits per heavy atom. The van der Waals surface area contributed by atoms with Crippen molar-refractivity contribution in [2.45, 2.75) is 0 Å². The van der Waals surface area contributed by atoms with Gasteiger partial charge in [0.15, 0.2) is 0 Å². The lowest BCUT2D eigenvalue weighted by Gasteiger charge is -2.08. The molecular formula is C12H11NO4. The third kappa shape index (κ3) is 2.19. The molecule has 2 aromatic rings. The van der Waals surface area contributed by atoms with Crippen LogP contribution in [0.25, 0.3) is 10.8 Å². The predicted octanol–water partition coefficient (Wildman–Crippen LogP) is 1.30. The lowest BCUT2D eigenvalue weighted by atomic mass is 10.1. The molecule has 1 heterocycles. The maximum absolute atomic E-state index is 11.0. The van der Waals surface area contributed by atoms with Crippen molar-refractivity contribution in [1.82, 2.24) is 4.98 Å². The SMILES string of the molecule is O=C(O)c1cnc(OCCO)c2ccccc12. The van der Waals surface area contributed by atoms with Gasteiger partial charge in [-0.15, -0.1) is 0 Å². The van der Waals surface area contributed by atoms with Crippen LogP contribution in [0.2, 0.25) is 0 Å². The number of nitrogens with zero attached hydrogens (tertiary/aromatic N) is 1. The second-order valence-corrected chi connectivity index (χ2v) is 3.40. The number of pyridine rings is 1. The van der Waals surface area contributed by atoms with Gasteiger partial charge in [0.05, 0.1) is 12.2 Å². The normalized spacial score (nSPS) is 10.4. The molecule has 0 aliphatic carbocycles. The van der Waals surface area contributed by atoms with E-state index in [-0.39, 0.29) is 18.8 Å². The van der Waals surface area contributed by atoms with Crippen LogP contribution in [0.1, 0.15) is 10.4 Å². The minimum absolute atomic E-state index is 0.114. The zero-order chi connectivity index (χ0) is 12.3. The Labute approximate surface area is 97.3 Å². The Bertz CT molecular complexity index is 553. The van der Waals surface area contributed by atoms with Gasteiger partial charge in [-0.3, -0.25) is 0 Å². The number of hydrogen-bond acceptors (Lipinski definition) is 4. The van der Waals surface area contributed by atoms with Gasteiger partial charge in [0.25, 0.3) is 0 Å². The van der Waals surface area contributed by atoms with Gasteiger partial charge in [0.1, 0.15) is 6.61 Å². The quantitative estimate of drug-likeness (QED) is 0.832. The van der Waals surface area contributed by atoms with Crippen LogP contribution in [0.15, 0.2) is 30.5 Å². The second kappa shape index (κ2) is 4.80. The van der Waals surface area contributed by atoms with Crippen LogP contribution in [-0.4, -0.2) is 34.4 Å². The summed E-state index contributed by atoms with van der Waals surface area (Å²) >= 11 is 0. The highest BCUT2D eigenvalue weighted by Crippen LogP contribution is 2.25. The number of carbonyl (C=O) groups is 1. The van der Waals surface area contributed by atoms with E-state index in [1.54, 1.807) is 24.3 Å². The highest BCUT2D eigenvalue weighted by Gasteiger charge is 2.12. The number of carboxylic acids is 1. The highest BCUT2D eigenvalue weighted by molar-refractivity contribution is 6.04. The monoisotopic (exact) mass is 233 g/mol. The van der Waals surface area contributed by atoms with E-state index in [1.807, 2.05) is 0 Å². The summed E-state index contributed by atoms with van der Waals surface area (Å²) in [6.45, 7) is 0.0140. The topological polar surface area (TPSA) is 79.7 Å². The molecule has 2 rings (SSSR count). The molecule has 0 amide bonds. The summed E-state index contributed by atoms with van der Waals surface area (Å²) < 4.78 is 5.25. The molecule has 0 saturated carbocycles. The fraction of sp³-hybridized carbons (Fsp3) is 0.167. The molecule has 5 heteroatoms. The van der Waals surface area contributed by atoms with E-state index in [2.05, 4.69) is 4.98 Å².